The molecule has 1 aliphatic carbocycles. The molecule has 1 saturated carbocycles. The van der Waals surface area contributed by atoms with Crippen molar-refractivity contribution in [3.05, 3.63) is 40.6 Å². The molecule has 34 heavy (non-hydrogen) atoms. The lowest BCUT2D eigenvalue weighted by molar-refractivity contribution is -0.386. The second-order valence-corrected chi connectivity index (χ2v) is 10.4. The van der Waals surface area contributed by atoms with Crippen LogP contribution in [0, 0.1) is 10.1 Å². The van der Waals surface area contributed by atoms with Crippen LogP contribution in [0.4, 0.5) is 11.5 Å². The Morgan fingerprint density at radius 3 is 2.56 bits per heavy atom. The molecule has 0 bridgehead atoms. The van der Waals surface area contributed by atoms with Gasteiger partial charge in [-0.05, 0) is 25.0 Å². The van der Waals surface area contributed by atoms with Gasteiger partial charge in [-0.2, -0.15) is 9.40 Å². The molecule has 0 spiro atoms. The zero-order valence-corrected chi connectivity index (χ0v) is 19.7. The van der Waals surface area contributed by atoms with E-state index in [4.69, 9.17) is 4.74 Å². The number of carbonyl (C=O) groups is 1. The third-order valence-electron chi connectivity index (χ3n) is 6.29. The average Bonchev–Trinajstić information content (AvgIpc) is 3.50. The number of piperazine rings is 1. The summed E-state index contributed by atoms with van der Waals surface area (Å²) in [6, 6.07) is 5.69. The minimum Gasteiger partial charge on any atom is -0.490 e. The van der Waals surface area contributed by atoms with E-state index in [2.05, 4.69) is 10.4 Å². The number of nitro benzene ring substituents is 1. The van der Waals surface area contributed by atoms with Gasteiger partial charge in [0.1, 0.15) is 5.82 Å². The number of nitrogens with one attached hydrogen (secondary N) is 1. The van der Waals surface area contributed by atoms with E-state index in [0.717, 1.165) is 31.7 Å². The molecule has 2 fully saturated rings. The van der Waals surface area contributed by atoms with Gasteiger partial charge in [0.05, 0.1) is 35.7 Å². The summed E-state index contributed by atoms with van der Waals surface area (Å²) in [4.78, 5) is 24.9. The van der Waals surface area contributed by atoms with Gasteiger partial charge in [0.25, 0.3) is 0 Å². The van der Waals surface area contributed by atoms with Crippen LogP contribution in [-0.4, -0.2) is 78.1 Å². The van der Waals surface area contributed by atoms with E-state index in [1.165, 1.54) is 23.5 Å². The van der Waals surface area contributed by atoms with E-state index in [-0.39, 0.29) is 36.2 Å². The lowest BCUT2D eigenvalue weighted by Gasteiger charge is -2.33. The molecule has 0 atom stereocenters. The molecule has 4 rings (SSSR count). The largest absolute Gasteiger partial charge is 0.490 e. The first-order valence-corrected chi connectivity index (χ1v) is 12.6. The fourth-order valence-electron chi connectivity index (χ4n) is 4.49. The molecule has 1 N–H and O–H groups in total. The zero-order chi connectivity index (χ0) is 24.3. The van der Waals surface area contributed by atoms with E-state index in [1.54, 1.807) is 12.3 Å². The van der Waals surface area contributed by atoms with Crippen molar-refractivity contribution in [3.8, 4) is 5.75 Å². The molecule has 2 heterocycles. The summed E-state index contributed by atoms with van der Waals surface area (Å²) in [7, 11) is -2.63. The van der Waals surface area contributed by atoms with Crippen molar-refractivity contribution in [3.63, 3.8) is 0 Å². The van der Waals surface area contributed by atoms with E-state index < -0.39 is 20.6 Å². The van der Waals surface area contributed by atoms with Gasteiger partial charge in [0.2, 0.25) is 15.9 Å². The number of anilines is 1. The fraction of sp³-hybridized carbons (Fsp3) is 0.524. The lowest BCUT2D eigenvalue weighted by atomic mass is 10.2. The summed E-state index contributed by atoms with van der Waals surface area (Å²) in [6.45, 7) is 1.22. The van der Waals surface area contributed by atoms with Crippen molar-refractivity contribution in [2.45, 2.75) is 36.6 Å². The number of nitro groups is 1. The first-order valence-electron chi connectivity index (χ1n) is 11.2. The first-order chi connectivity index (χ1) is 16.3. The Morgan fingerprint density at radius 1 is 1.21 bits per heavy atom. The molecule has 2 aromatic rings. The first kappa shape index (κ1) is 24.1. The fourth-order valence-corrected chi connectivity index (χ4v) is 5.93. The lowest BCUT2D eigenvalue weighted by Crippen LogP contribution is -2.50. The smallest absolute Gasteiger partial charge is 0.312 e. The van der Waals surface area contributed by atoms with Crippen molar-refractivity contribution >= 4 is 27.4 Å². The number of hydrogen-bond acceptors (Lipinski definition) is 8. The average molecular weight is 493 g/mol. The minimum absolute atomic E-state index is 0.00550. The number of benzene rings is 1. The monoisotopic (exact) mass is 492 g/mol. The molecular weight excluding hydrogens is 464 g/mol. The Morgan fingerprint density at radius 2 is 1.91 bits per heavy atom. The van der Waals surface area contributed by atoms with E-state index in [0.29, 0.717) is 24.9 Å². The van der Waals surface area contributed by atoms with Crippen LogP contribution >= 0.6 is 0 Å². The Labute approximate surface area is 197 Å². The van der Waals surface area contributed by atoms with Crippen molar-refractivity contribution < 1.29 is 22.9 Å². The molecular formula is C21H28N6O6S. The zero-order valence-electron chi connectivity index (χ0n) is 18.9. The Bertz CT molecular complexity index is 1150. The maximum atomic E-state index is 13.0. The standard InChI is InChI=1S/C21H28N6O6S/c1-33-19-7-6-17(14-18(19)27(29)30)34(31,32)25-12-10-24(11-13-25)15-21(28)23-20-8-9-22-26(20)16-4-2-3-5-16/h6-9,14,16H,2-5,10-13,15H2,1H3,(H,23,28). The molecule has 0 radical (unpaired) electrons. The van der Waals surface area contributed by atoms with Crippen molar-refractivity contribution in [1.29, 1.82) is 0 Å². The number of carbonyl (C=O) groups excluding carboxylic acids is 1. The predicted octanol–water partition coefficient (Wildman–Crippen LogP) is 1.86. The summed E-state index contributed by atoms with van der Waals surface area (Å²) < 4.78 is 34.1. The predicted molar refractivity (Wildman–Crippen MR) is 123 cm³/mol. The summed E-state index contributed by atoms with van der Waals surface area (Å²) in [6.07, 6.45) is 6.11. The number of sulfonamides is 1. The minimum atomic E-state index is -3.92. The van der Waals surface area contributed by atoms with Crippen LogP contribution < -0.4 is 10.1 Å². The van der Waals surface area contributed by atoms with Crippen molar-refractivity contribution in [1.82, 2.24) is 19.0 Å². The Balaban J connectivity index is 1.34. The summed E-state index contributed by atoms with van der Waals surface area (Å²) in [5.41, 5.74) is -0.407. The molecule has 13 heteroatoms. The Hall–Kier alpha value is -3.03. The molecule has 0 unspecified atom stereocenters. The maximum absolute atomic E-state index is 13.0. The topological polar surface area (TPSA) is 140 Å². The SMILES string of the molecule is COc1ccc(S(=O)(=O)N2CCN(CC(=O)Nc3ccnn3C3CCCC3)CC2)cc1[N+](=O)[O-]. The molecule has 1 amide bonds. The molecule has 1 aromatic carbocycles. The highest BCUT2D eigenvalue weighted by Gasteiger charge is 2.31. The number of amides is 1. The molecule has 1 aliphatic heterocycles. The second kappa shape index (κ2) is 10.1. The number of methoxy groups -OCH3 is 1. The second-order valence-electron chi connectivity index (χ2n) is 8.42. The number of rotatable bonds is 8. The van der Waals surface area contributed by atoms with Crippen LogP contribution in [0.5, 0.6) is 5.75 Å². The molecule has 2 aliphatic rings. The summed E-state index contributed by atoms with van der Waals surface area (Å²) in [5, 5.41) is 18.5. The van der Waals surface area contributed by atoms with Crippen LogP contribution in [0.15, 0.2) is 35.4 Å². The van der Waals surface area contributed by atoms with Gasteiger partial charge < -0.3 is 10.1 Å². The van der Waals surface area contributed by atoms with Crippen LogP contribution in [0.25, 0.3) is 0 Å². The van der Waals surface area contributed by atoms with Crippen LogP contribution in [0.1, 0.15) is 31.7 Å². The summed E-state index contributed by atoms with van der Waals surface area (Å²) in [5.74, 6) is 0.495. The van der Waals surface area contributed by atoms with Crippen LogP contribution in [0.2, 0.25) is 0 Å². The van der Waals surface area contributed by atoms with Gasteiger partial charge in [-0.3, -0.25) is 19.8 Å². The van der Waals surface area contributed by atoms with E-state index in [1.807, 2.05) is 9.58 Å². The third-order valence-corrected chi connectivity index (χ3v) is 8.19. The molecule has 184 valence electrons. The van der Waals surface area contributed by atoms with E-state index >= 15 is 0 Å². The Kier molecular flexibility index (Phi) is 7.14. The highest BCUT2D eigenvalue weighted by molar-refractivity contribution is 7.89. The van der Waals surface area contributed by atoms with Crippen molar-refractivity contribution in [2.75, 3.05) is 45.2 Å². The quantitative estimate of drug-likeness (QED) is 0.435. The van der Waals surface area contributed by atoms with Crippen LogP contribution in [0.3, 0.4) is 0 Å². The molecule has 1 aromatic heterocycles. The van der Waals surface area contributed by atoms with Gasteiger partial charge in [-0.25, -0.2) is 13.1 Å². The van der Waals surface area contributed by atoms with E-state index in [9.17, 15) is 23.3 Å². The highest BCUT2D eigenvalue weighted by Crippen LogP contribution is 2.32. The number of hydrogen-bond donors (Lipinski definition) is 1. The maximum Gasteiger partial charge on any atom is 0.312 e. The van der Waals surface area contributed by atoms with Gasteiger partial charge in [-0.15, -0.1) is 0 Å². The highest BCUT2D eigenvalue weighted by atomic mass is 32.2. The molecule has 12 nitrogen and oxygen atoms in total. The number of ether oxygens (including phenoxy) is 1. The van der Waals surface area contributed by atoms with Gasteiger partial charge in [0.15, 0.2) is 5.75 Å². The van der Waals surface area contributed by atoms with Crippen molar-refractivity contribution in [2.24, 2.45) is 0 Å². The summed E-state index contributed by atoms with van der Waals surface area (Å²) >= 11 is 0. The van der Waals surface area contributed by atoms with Gasteiger partial charge >= 0.3 is 5.69 Å². The third kappa shape index (κ3) is 5.05. The number of aromatic nitrogens is 2. The molecule has 1 saturated heterocycles. The van der Waals surface area contributed by atoms with Gasteiger partial charge in [-0.1, -0.05) is 12.8 Å². The number of nitrogens with zero attached hydrogens (tertiary/aromatic N) is 5. The van der Waals surface area contributed by atoms with Gasteiger partial charge in [0, 0.05) is 38.3 Å². The normalized spacial score (nSPS) is 18.1. The van der Waals surface area contributed by atoms with Crippen LogP contribution in [-0.2, 0) is 14.8 Å².